The maximum absolute atomic E-state index is 5.12. The van der Waals surface area contributed by atoms with Crippen molar-refractivity contribution in [1.29, 1.82) is 0 Å². The van der Waals surface area contributed by atoms with Gasteiger partial charge in [-0.05, 0) is 63.3 Å². The molecule has 4 aromatic rings. The molecule has 0 N–H and O–H groups in total. The summed E-state index contributed by atoms with van der Waals surface area (Å²) in [5.74, 6) is 0. The summed E-state index contributed by atoms with van der Waals surface area (Å²) in [4.78, 5) is 5.12. The number of para-hydroxylation sites is 1. The Morgan fingerprint density at radius 3 is 2.31 bits per heavy atom. The topological polar surface area (TPSA) is 17.8 Å². The van der Waals surface area contributed by atoms with Crippen molar-refractivity contribution in [2.75, 3.05) is 0 Å². The normalized spacial score (nSPS) is 12.8. The Balaban J connectivity index is 2.08. The molecule has 2 nitrogen and oxygen atoms in total. The first kappa shape index (κ1) is 19.7. The lowest BCUT2D eigenvalue weighted by Crippen LogP contribution is -2.07. The molecule has 1 atom stereocenters. The Morgan fingerprint density at radius 2 is 1.66 bits per heavy atom. The molecule has 0 saturated heterocycles. The van der Waals surface area contributed by atoms with E-state index in [1.54, 1.807) is 0 Å². The van der Waals surface area contributed by atoms with Crippen LogP contribution in [0.4, 0.5) is 0 Å². The number of hydrogen-bond donors (Lipinski definition) is 0. The monoisotopic (exact) mass is 384 g/mol. The van der Waals surface area contributed by atoms with Crippen LogP contribution in [0.3, 0.4) is 0 Å². The van der Waals surface area contributed by atoms with Gasteiger partial charge in [-0.1, -0.05) is 56.2 Å². The van der Waals surface area contributed by atoms with E-state index < -0.39 is 0 Å². The summed E-state index contributed by atoms with van der Waals surface area (Å²) in [6.45, 7) is 13.3. The quantitative estimate of drug-likeness (QED) is 0.342. The SMILES string of the molecule is CCCC(CC)n1ccc2c(C)nc3c(-c4c(C)cc(C)cc4C)cccc3c21. The number of rotatable bonds is 5. The van der Waals surface area contributed by atoms with Gasteiger partial charge in [-0.2, -0.15) is 0 Å². The highest BCUT2D eigenvalue weighted by Crippen LogP contribution is 2.38. The van der Waals surface area contributed by atoms with Gasteiger partial charge in [0.2, 0.25) is 0 Å². The summed E-state index contributed by atoms with van der Waals surface area (Å²) < 4.78 is 2.51. The molecule has 0 aliphatic carbocycles. The number of hydrogen-bond acceptors (Lipinski definition) is 1. The number of pyridine rings is 1. The summed E-state index contributed by atoms with van der Waals surface area (Å²) in [6.07, 6.45) is 5.83. The van der Waals surface area contributed by atoms with Gasteiger partial charge in [0.15, 0.2) is 0 Å². The van der Waals surface area contributed by atoms with Crippen LogP contribution in [0, 0.1) is 27.7 Å². The van der Waals surface area contributed by atoms with Gasteiger partial charge in [0.25, 0.3) is 0 Å². The Labute approximate surface area is 174 Å². The lowest BCUT2D eigenvalue weighted by Gasteiger charge is -2.20. The molecule has 0 spiro atoms. The Kier molecular flexibility index (Phi) is 5.21. The summed E-state index contributed by atoms with van der Waals surface area (Å²) in [7, 11) is 0. The smallest absolute Gasteiger partial charge is 0.0805 e. The minimum atomic E-state index is 0.536. The molecule has 2 heterocycles. The van der Waals surface area contributed by atoms with Crippen molar-refractivity contribution in [2.24, 2.45) is 0 Å². The minimum absolute atomic E-state index is 0.536. The van der Waals surface area contributed by atoms with E-state index in [2.05, 4.69) is 88.7 Å². The molecule has 0 radical (unpaired) electrons. The molecule has 0 bridgehead atoms. The zero-order valence-corrected chi connectivity index (χ0v) is 18.6. The standard InChI is InChI=1S/C27H32N2/c1-7-10-21(8-2)29-14-13-22-20(6)28-26-23(11-9-12-24(26)27(22)29)25-18(4)15-17(3)16-19(25)5/h9,11-16,21H,7-8,10H2,1-6H3. The third-order valence-electron chi connectivity index (χ3n) is 6.31. The molecular formula is C27H32N2. The van der Waals surface area contributed by atoms with Crippen LogP contribution in [-0.2, 0) is 0 Å². The van der Waals surface area contributed by atoms with Crippen LogP contribution in [0.5, 0.6) is 0 Å². The third-order valence-corrected chi connectivity index (χ3v) is 6.31. The van der Waals surface area contributed by atoms with E-state index in [-0.39, 0.29) is 0 Å². The highest BCUT2D eigenvalue weighted by Gasteiger charge is 2.18. The van der Waals surface area contributed by atoms with Crippen molar-refractivity contribution in [3.8, 4) is 11.1 Å². The Bertz CT molecular complexity index is 1170. The molecule has 1 unspecified atom stereocenters. The molecule has 150 valence electrons. The molecular weight excluding hydrogens is 352 g/mol. The lowest BCUT2D eigenvalue weighted by atomic mass is 9.92. The minimum Gasteiger partial charge on any atom is -0.344 e. The van der Waals surface area contributed by atoms with E-state index in [1.807, 2.05) is 0 Å². The van der Waals surface area contributed by atoms with Crippen molar-refractivity contribution < 1.29 is 0 Å². The second-order valence-electron chi connectivity index (χ2n) is 8.51. The fourth-order valence-electron chi connectivity index (χ4n) is 5.09. The maximum atomic E-state index is 5.12. The van der Waals surface area contributed by atoms with Gasteiger partial charge in [0, 0.05) is 34.3 Å². The first-order valence-electron chi connectivity index (χ1n) is 10.9. The zero-order valence-electron chi connectivity index (χ0n) is 18.6. The van der Waals surface area contributed by atoms with Gasteiger partial charge in [0.1, 0.15) is 0 Å². The van der Waals surface area contributed by atoms with E-state index in [4.69, 9.17) is 4.98 Å². The average Bonchev–Trinajstić information content (AvgIpc) is 3.12. The van der Waals surface area contributed by atoms with Crippen LogP contribution in [0.2, 0.25) is 0 Å². The molecule has 2 heteroatoms. The van der Waals surface area contributed by atoms with E-state index in [1.165, 1.54) is 56.9 Å². The molecule has 0 aliphatic rings. The predicted octanol–water partition coefficient (Wildman–Crippen LogP) is 7.84. The van der Waals surface area contributed by atoms with E-state index in [0.29, 0.717) is 6.04 Å². The fourth-order valence-corrected chi connectivity index (χ4v) is 5.09. The second-order valence-corrected chi connectivity index (χ2v) is 8.51. The number of fused-ring (bicyclic) bond motifs is 3. The summed E-state index contributed by atoms with van der Waals surface area (Å²) in [5, 5.41) is 2.54. The average molecular weight is 385 g/mol. The van der Waals surface area contributed by atoms with Crippen LogP contribution in [0.15, 0.2) is 42.6 Å². The van der Waals surface area contributed by atoms with Gasteiger partial charge >= 0.3 is 0 Å². The summed E-state index contributed by atoms with van der Waals surface area (Å²) in [5.41, 5.74) is 10.1. The van der Waals surface area contributed by atoms with Crippen LogP contribution in [-0.4, -0.2) is 9.55 Å². The van der Waals surface area contributed by atoms with Gasteiger partial charge in [-0.15, -0.1) is 0 Å². The van der Waals surface area contributed by atoms with Gasteiger partial charge in [-0.25, -0.2) is 0 Å². The van der Waals surface area contributed by atoms with Crippen LogP contribution >= 0.6 is 0 Å². The number of aryl methyl sites for hydroxylation is 4. The van der Waals surface area contributed by atoms with Crippen molar-refractivity contribution in [3.63, 3.8) is 0 Å². The largest absolute Gasteiger partial charge is 0.344 e. The molecule has 4 rings (SSSR count). The molecule has 0 saturated carbocycles. The summed E-state index contributed by atoms with van der Waals surface area (Å²) in [6, 6.07) is 14.0. The fraction of sp³-hybridized carbons (Fsp3) is 0.370. The van der Waals surface area contributed by atoms with E-state index >= 15 is 0 Å². The first-order valence-corrected chi connectivity index (χ1v) is 10.9. The van der Waals surface area contributed by atoms with Gasteiger partial charge in [0.05, 0.1) is 11.0 Å². The van der Waals surface area contributed by atoms with Crippen molar-refractivity contribution in [3.05, 3.63) is 65.0 Å². The van der Waals surface area contributed by atoms with Crippen molar-refractivity contribution in [2.45, 2.75) is 66.8 Å². The second kappa shape index (κ2) is 7.67. The van der Waals surface area contributed by atoms with Crippen LogP contribution in [0.25, 0.3) is 32.9 Å². The molecule has 29 heavy (non-hydrogen) atoms. The molecule has 2 aromatic heterocycles. The first-order chi connectivity index (χ1) is 14.0. The Hall–Kier alpha value is -2.61. The van der Waals surface area contributed by atoms with Crippen molar-refractivity contribution in [1.82, 2.24) is 9.55 Å². The zero-order chi connectivity index (χ0) is 20.7. The van der Waals surface area contributed by atoms with Crippen LogP contribution < -0.4 is 0 Å². The van der Waals surface area contributed by atoms with Gasteiger partial charge < -0.3 is 4.57 Å². The van der Waals surface area contributed by atoms with E-state index in [9.17, 15) is 0 Å². The van der Waals surface area contributed by atoms with Crippen molar-refractivity contribution >= 4 is 21.8 Å². The highest BCUT2D eigenvalue weighted by molar-refractivity contribution is 6.10. The highest BCUT2D eigenvalue weighted by atomic mass is 15.0. The number of nitrogens with zero attached hydrogens (tertiary/aromatic N) is 2. The Morgan fingerprint density at radius 1 is 0.931 bits per heavy atom. The molecule has 0 fully saturated rings. The maximum Gasteiger partial charge on any atom is 0.0805 e. The van der Waals surface area contributed by atoms with Crippen LogP contribution in [0.1, 0.15) is 61.5 Å². The predicted molar refractivity (Wildman–Crippen MR) is 126 cm³/mol. The number of aromatic nitrogens is 2. The molecule has 2 aromatic carbocycles. The molecule has 0 amide bonds. The van der Waals surface area contributed by atoms with Gasteiger partial charge in [-0.3, -0.25) is 4.98 Å². The number of benzene rings is 2. The van der Waals surface area contributed by atoms with E-state index in [0.717, 1.165) is 17.6 Å². The lowest BCUT2D eigenvalue weighted by molar-refractivity contribution is 0.461. The molecule has 0 aliphatic heterocycles. The summed E-state index contributed by atoms with van der Waals surface area (Å²) >= 11 is 0. The third kappa shape index (κ3) is 3.25.